The van der Waals surface area contributed by atoms with Crippen molar-refractivity contribution < 1.29 is 14.3 Å². The van der Waals surface area contributed by atoms with Gasteiger partial charge in [0.2, 0.25) is 0 Å². The number of carbonyl (C=O) groups excluding carboxylic acids is 1. The standard InChI is InChI=1S/C12H20O3/c1-4-9(2)15-11-7-5-10(6-8-11)12(13)14-3/h4,9-11H,1,5-8H2,2-3H3. The molecule has 1 rings (SSSR count). The number of carbonyl (C=O) groups is 1. The van der Waals surface area contributed by atoms with Crippen LogP contribution >= 0.6 is 0 Å². The molecule has 0 aromatic carbocycles. The van der Waals surface area contributed by atoms with Gasteiger partial charge in [0.1, 0.15) is 0 Å². The van der Waals surface area contributed by atoms with Crippen LogP contribution in [-0.4, -0.2) is 25.3 Å². The van der Waals surface area contributed by atoms with E-state index >= 15 is 0 Å². The van der Waals surface area contributed by atoms with Crippen molar-refractivity contribution in [2.24, 2.45) is 5.92 Å². The number of esters is 1. The van der Waals surface area contributed by atoms with E-state index < -0.39 is 0 Å². The van der Waals surface area contributed by atoms with Crippen LogP contribution in [0.25, 0.3) is 0 Å². The summed E-state index contributed by atoms with van der Waals surface area (Å²) in [5, 5.41) is 0. The van der Waals surface area contributed by atoms with Crippen molar-refractivity contribution in [2.75, 3.05) is 7.11 Å². The van der Waals surface area contributed by atoms with Crippen LogP contribution < -0.4 is 0 Å². The molecule has 1 atom stereocenters. The zero-order chi connectivity index (χ0) is 11.3. The Morgan fingerprint density at radius 1 is 1.40 bits per heavy atom. The molecule has 0 heterocycles. The first-order chi connectivity index (χ1) is 7.17. The number of rotatable bonds is 4. The molecule has 0 bridgehead atoms. The van der Waals surface area contributed by atoms with E-state index in [4.69, 9.17) is 9.47 Å². The molecular formula is C12H20O3. The molecule has 15 heavy (non-hydrogen) atoms. The summed E-state index contributed by atoms with van der Waals surface area (Å²) in [5.41, 5.74) is 0. The summed E-state index contributed by atoms with van der Waals surface area (Å²) in [6, 6.07) is 0. The first kappa shape index (κ1) is 12.2. The highest BCUT2D eigenvalue weighted by Crippen LogP contribution is 2.27. The molecule has 1 saturated carbocycles. The first-order valence-corrected chi connectivity index (χ1v) is 5.53. The van der Waals surface area contributed by atoms with Gasteiger partial charge in [-0.3, -0.25) is 4.79 Å². The van der Waals surface area contributed by atoms with Crippen molar-refractivity contribution in [3.8, 4) is 0 Å². The Labute approximate surface area is 91.4 Å². The zero-order valence-corrected chi connectivity index (χ0v) is 9.57. The first-order valence-electron chi connectivity index (χ1n) is 5.53. The second kappa shape index (κ2) is 5.91. The van der Waals surface area contributed by atoms with Crippen LogP contribution in [-0.2, 0) is 14.3 Å². The SMILES string of the molecule is C=CC(C)OC1CCC(C(=O)OC)CC1. The molecule has 0 N–H and O–H groups in total. The van der Waals surface area contributed by atoms with Gasteiger partial charge in [-0.25, -0.2) is 0 Å². The summed E-state index contributed by atoms with van der Waals surface area (Å²) in [6.07, 6.45) is 5.81. The van der Waals surface area contributed by atoms with Crippen molar-refractivity contribution in [2.45, 2.75) is 44.8 Å². The Balaban J connectivity index is 2.29. The minimum atomic E-state index is -0.0785. The monoisotopic (exact) mass is 212 g/mol. The minimum Gasteiger partial charge on any atom is -0.469 e. The van der Waals surface area contributed by atoms with Crippen LogP contribution in [0.15, 0.2) is 12.7 Å². The molecule has 1 fully saturated rings. The van der Waals surface area contributed by atoms with Gasteiger partial charge in [-0.1, -0.05) is 6.08 Å². The third-order valence-electron chi connectivity index (χ3n) is 2.95. The van der Waals surface area contributed by atoms with Gasteiger partial charge in [0.25, 0.3) is 0 Å². The van der Waals surface area contributed by atoms with Crippen LogP contribution in [0.1, 0.15) is 32.6 Å². The maximum Gasteiger partial charge on any atom is 0.308 e. The molecule has 0 amide bonds. The summed E-state index contributed by atoms with van der Waals surface area (Å²) in [7, 11) is 1.45. The average Bonchev–Trinajstić information content (AvgIpc) is 2.29. The summed E-state index contributed by atoms with van der Waals surface area (Å²) in [4.78, 5) is 11.3. The predicted molar refractivity (Wildman–Crippen MR) is 58.5 cm³/mol. The van der Waals surface area contributed by atoms with Gasteiger partial charge in [0.15, 0.2) is 0 Å². The van der Waals surface area contributed by atoms with E-state index in [0.717, 1.165) is 25.7 Å². The van der Waals surface area contributed by atoms with Crippen molar-refractivity contribution in [1.29, 1.82) is 0 Å². The van der Waals surface area contributed by atoms with Gasteiger partial charge in [0.05, 0.1) is 25.2 Å². The maximum absolute atomic E-state index is 11.3. The van der Waals surface area contributed by atoms with E-state index in [1.165, 1.54) is 7.11 Å². The third kappa shape index (κ3) is 3.67. The number of hydrogen-bond donors (Lipinski definition) is 0. The Morgan fingerprint density at radius 2 is 2.00 bits per heavy atom. The van der Waals surface area contributed by atoms with Crippen LogP contribution in [0, 0.1) is 5.92 Å². The summed E-state index contributed by atoms with van der Waals surface area (Å²) in [6.45, 7) is 5.67. The lowest BCUT2D eigenvalue weighted by molar-refractivity contribution is -0.147. The molecule has 1 unspecified atom stereocenters. The highest BCUT2D eigenvalue weighted by atomic mass is 16.5. The Kier molecular flexibility index (Phi) is 4.82. The molecule has 0 aromatic rings. The largest absolute Gasteiger partial charge is 0.469 e. The van der Waals surface area contributed by atoms with Gasteiger partial charge in [-0.15, -0.1) is 6.58 Å². The van der Waals surface area contributed by atoms with E-state index in [0.29, 0.717) is 0 Å². The smallest absolute Gasteiger partial charge is 0.308 e. The minimum absolute atomic E-state index is 0.0777. The van der Waals surface area contributed by atoms with E-state index in [1.54, 1.807) is 6.08 Å². The van der Waals surface area contributed by atoms with E-state index in [-0.39, 0.29) is 24.1 Å². The lowest BCUT2D eigenvalue weighted by Crippen LogP contribution is -2.28. The summed E-state index contributed by atoms with van der Waals surface area (Å²) < 4.78 is 10.5. The fourth-order valence-electron chi connectivity index (χ4n) is 1.96. The topological polar surface area (TPSA) is 35.5 Å². The Bertz CT molecular complexity index is 217. The Hall–Kier alpha value is -0.830. The van der Waals surface area contributed by atoms with E-state index in [9.17, 15) is 4.79 Å². The summed E-state index contributed by atoms with van der Waals surface area (Å²) in [5.74, 6) is -0.000827. The normalized spacial score (nSPS) is 28.1. The average molecular weight is 212 g/mol. The van der Waals surface area contributed by atoms with Crippen LogP contribution in [0.4, 0.5) is 0 Å². The highest BCUT2D eigenvalue weighted by Gasteiger charge is 2.27. The van der Waals surface area contributed by atoms with Crippen molar-refractivity contribution in [3.05, 3.63) is 12.7 Å². The second-order valence-electron chi connectivity index (χ2n) is 4.07. The van der Waals surface area contributed by atoms with Gasteiger partial charge >= 0.3 is 5.97 Å². The van der Waals surface area contributed by atoms with Crippen LogP contribution in [0.3, 0.4) is 0 Å². The molecule has 86 valence electrons. The maximum atomic E-state index is 11.3. The lowest BCUT2D eigenvalue weighted by atomic mass is 9.87. The van der Waals surface area contributed by atoms with Crippen LogP contribution in [0.2, 0.25) is 0 Å². The molecule has 0 aromatic heterocycles. The van der Waals surface area contributed by atoms with Crippen molar-refractivity contribution in [1.82, 2.24) is 0 Å². The molecule has 3 nitrogen and oxygen atoms in total. The number of hydrogen-bond acceptors (Lipinski definition) is 3. The van der Waals surface area contributed by atoms with Gasteiger partial charge in [-0.2, -0.15) is 0 Å². The molecule has 0 aliphatic heterocycles. The highest BCUT2D eigenvalue weighted by molar-refractivity contribution is 5.72. The molecular weight excluding hydrogens is 192 g/mol. The van der Waals surface area contributed by atoms with Crippen molar-refractivity contribution in [3.63, 3.8) is 0 Å². The molecule has 1 aliphatic carbocycles. The fourth-order valence-corrected chi connectivity index (χ4v) is 1.96. The molecule has 3 heteroatoms. The zero-order valence-electron chi connectivity index (χ0n) is 9.57. The van der Waals surface area contributed by atoms with E-state index in [2.05, 4.69) is 6.58 Å². The lowest BCUT2D eigenvalue weighted by Gasteiger charge is -2.28. The van der Waals surface area contributed by atoms with Crippen LogP contribution in [0.5, 0.6) is 0 Å². The third-order valence-corrected chi connectivity index (χ3v) is 2.95. The Morgan fingerprint density at radius 3 is 2.47 bits per heavy atom. The quantitative estimate of drug-likeness (QED) is 0.530. The van der Waals surface area contributed by atoms with Crippen molar-refractivity contribution >= 4 is 5.97 Å². The molecule has 0 radical (unpaired) electrons. The van der Waals surface area contributed by atoms with Gasteiger partial charge in [0, 0.05) is 0 Å². The van der Waals surface area contributed by atoms with Gasteiger partial charge in [-0.05, 0) is 32.6 Å². The molecule has 0 saturated heterocycles. The predicted octanol–water partition coefficient (Wildman–Crippen LogP) is 2.31. The van der Waals surface area contributed by atoms with E-state index in [1.807, 2.05) is 6.92 Å². The number of ether oxygens (including phenoxy) is 2. The summed E-state index contributed by atoms with van der Waals surface area (Å²) >= 11 is 0. The molecule has 0 spiro atoms. The second-order valence-corrected chi connectivity index (χ2v) is 4.07. The molecule has 1 aliphatic rings. The fraction of sp³-hybridized carbons (Fsp3) is 0.750. The van der Waals surface area contributed by atoms with Gasteiger partial charge < -0.3 is 9.47 Å². The number of methoxy groups -OCH3 is 1.